The molecule has 0 aromatic heterocycles. The van der Waals surface area contributed by atoms with E-state index in [2.05, 4.69) is 43.0 Å². The Morgan fingerprint density at radius 1 is 1.28 bits per heavy atom. The van der Waals surface area contributed by atoms with Gasteiger partial charge in [-0.25, -0.2) is 0 Å². The first-order valence-corrected chi connectivity index (χ1v) is 6.69. The van der Waals surface area contributed by atoms with Crippen molar-refractivity contribution in [1.29, 1.82) is 0 Å². The van der Waals surface area contributed by atoms with Gasteiger partial charge in [0.05, 0.1) is 6.10 Å². The summed E-state index contributed by atoms with van der Waals surface area (Å²) in [5.74, 6) is 0.655. The minimum Gasteiger partial charge on any atom is -0.389 e. The van der Waals surface area contributed by atoms with Crippen molar-refractivity contribution in [3.63, 3.8) is 0 Å². The summed E-state index contributed by atoms with van der Waals surface area (Å²) in [6, 6.07) is 8.77. The van der Waals surface area contributed by atoms with Crippen molar-refractivity contribution in [1.82, 2.24) is 4.90 Å². The minimum absolute atomic E-state index is 0.407. The van der Waals surface area contributed by atoms with Gasteiger partial charge in [0.25, 0.3) is 0 Å². The van der Waals surface area contributed by atoms with Crippen molar-refractivity contribution in [2.75, 3.05) is 32.1 Å². The lowest BCUT2D eigenvalue weighted by atomic mass is 10.1. The second-order valence-electron chi connectivity index (χ2n) is 5.65. The molecule has 0 saturated carbocycles. The highest BCUT2D eigenvalue weighted by Gasteiger charge is 2.32. The Hall–Kier alpha value is -1.06. The zero-order chi connectivity index (χ0) is 13.3. The molecule has 1 saturated heterocycles. The average Bonchev–Trinajstić information content (AvgIpc) is 2.71. The van der Waals surface area contributed by atoms with Gasteiger partial charge in [0.2, 0.25) is 0 Å². The van der Waals surface area contributed by atoms with Gasteiger partial charge in [0, 0.05) is 30.4 Å². The van der Waals surface area contributed by atoms with Crippen molar-refractivity contribution < 1.29 is 5.11 Å². The van der Waals surface area contributed by atoms with Gasteiger partial charge in [-0.15, -0.1) is 0 Å². The van der Waals surface area contributed by atoms with E-state index in [1.807, 2.05) is 19.1 Å². The first-order chi connectivity index (χ1) is 8.50. The maximum absolute atomic E-state index is 9.87. The molecule has 1 fully saturated rings. The Balaban J connectivity index is 2.24. The normalized spacial score (nSPS) is 25.8. The number of hydrogen-bond donors (Lipinski definition) is 1. The third-order valence-corrected chi connectivity index (χ3v) is 3.96. The Kier molecular flexibility index (Phi) is 3.93. The van der Waals surface area contributed by atoms with Gasteiger partial charge < -0.3 is 14.9 Å². The molecule has 100 valence electrons. The molecule has 1 aliphatic rings. The molecule has 2 rings (SSSR count). The Labute approximate surface area is 110 Å². The Bertz CT molecular complexity index is 403. The lowest BCUT2D eigenvalue weighted by Crippen LogP contribution is -2.34. The molecule has 1 heterocycles. The monoisotopic (exact) mass is 248 g/mol. The van der Waals surface area contributed by atoms with Gasteiger partial charge in [-0.3, -0.25) is 0 Å². The van der Waals surface area contributed by atoms with Crippen LogP contribution in [0.2, 0.25) is 0 Å². The molecule has 1 aliphatic heterocycles. The molecule has 3 unspecified atom stereocenters. The summed E-state index contributed by atoms with van der Waals surface area (Å²) < 4.78 is 0. The summed E-state index contributed by atoms with van der Waals surface area (Å²) in [7, 11) is 4.29. The highest BCUT2D eigenvalue weighted by molar-refractivity contribution is 5.55. The van der Waals surface area contributed by atoms with E-state index in [0.29, 0.717) is 12.0 Å². The van der Waals surface area contributed by atoms with Crippen LogP contribution in [-0.2, 0) is 0 Å². The maximum Gasteiger partial charge on any atom is 0.0781 e. The smallest absolute Gasteiger partial charge is 0.0781 e. The largest absolute Gasteiger partial charge is 0.389 e. The number of nitrogens with zero attached hydrogens (tertiary/aromatic N) is 2. The molecule has 3 heteroatoms. The van der Waals surface area contributed by atoms with Gasteiger partial charge in [0.1, 0.15) is 0 Å². The Morgan fingerprint density at radius 2 is 1.94 bits per heavy atom. The van der Waals surface area contributed by atoms with Crippen LogP contribution in [-0.4, -0.2) is 43.2 Å². The van der Waals surface area contributed by atoms with Crippen molar-refractivity contribution in [2.45, 2.75) is 26.0 Å². The van der Waals surface area contributed by atoms with E-state index in [1.54, 1.807) is 0 Å². The molecular formula is C15H24N2O. The first kappa shape index (κ1) is 13.4. The third kappa shape index (κ3) is 2.52. The van der Waals surface area contributed by atoms with Gasteiger partial charge in [-0.05, 0) is 33.0 Å². The summed E-state index contributed by atoms with van der Waals surface area (Å²) in [4.78, 5) is 4.70. The van der Waals surface area contributed by atoms with Crippen LogP contribution in [0.25, 0.3) is 0 Å². The lowest BCUT2D eigenvalue weighted by Gasteiger charge is -2.25. The minimum atomic E-state index is -0.407. The Morgan fingerprint density at radius 3 is 2.50 bits per heavy atom. The molecule has 3 atom stereocenters. The first-order valence-electron chi connectivity index (χ1n) is 6.69. The predicted molar refractivity (Wildman–Crippen MR) is 75.9 cm³/mol. The van der Waals surface area contributed by atoms with Gasteiger partial charge in [-0.1, -0.05) is 25.1 Å². The van der Waals surface area contributed by atoms with E-state index in [4.69, 9.17) is 0 Å². The van der Waals surface area contributed by atoms with E-state index < -0.39 is 6.10 Å². The fourth-order valence-corrected chi connectivity index (χ4v) is 2.95. The van der Waals surface area contributed by atoms with Crippen LogP contribution in [0.1, 0.15) is 25.5 Å². The highest BCUT2D eigenvalue weighted by Crippen LogP contribution is 2.31. The second kappa shape index (κ2) is 5.29. The van der Waals surface area contributed by atoms with Gasteiger partial charge >= 0.3 is 0 Å². The second-order valence-corrected chi connectivity index (χ2v) is 5.65. The maximum atomic E-state index is 9.87. The summed E-state index contributed by atoms with van der Waals surface area (Å²) in [6.45, 7) is 6.24. The number of hydrogen-bond acceptors (Lipinski definition) is 3. The standard InChI is InChI=1S/C15H24N2O/c1-11-9-17(10-15(11)16(3)4)14-8-6-5-7-13(14)12(2)18/h5-8,11-12,15,18H,9-10H2,1-4H3. The summed E-state index contributed by atoms with van der Waals surface area (Å²) in [5.41, 5.74) is 2.22. The van der Waals surface area contributed by atoms with E-state index in [-0.39, 0.29) is 0 Å². The number of likely N-dealkylation sites (N-methyl/N-ethyl adjacent to an activating group) is 1. The molecule has 1 aromatic rings. The van der Waals surface area contributed by atoms with Gasteiger partial charge in [-0.2, -0.15) is 0 Å². The predicted octanol–water partition coefficient (Wildman–Crippen LogP) is 2.13. The van der Waals surface area contributed by atoms with Crippen molar-refractivity contribution in [3.8, 4) is 0 Å². The summed E-state index contributed by atoms with van der Waals surface area (Å²) in [5, 5.41) is 9.87. The molecule has 0 aliphatic carbocycles. The molecule has 1 N–H and O–H groups in total. The topological polar surface area (TPSA) is 26.7 Å². The number of rotatable bonds is 3. The van der Waals surface area contributed by atoms with Crippen molar-refractivity contribution >= 4 is 5.69 Å². The van der Waals surface area contributed by atoms with E-state index >= 15 is 0 Å². The molecule has 0 bridgehead atoms. The van der Waals surface area contributed by atoms with E-state index in [0.717, 1.165) is 18.7 Å². The number of aliphatic hydroxyl groups is 1. The SMILES string of the molecule is CC(O)c1ccccc1N1CC(C)C(N(C)C)C1. The van der Waals surface area contributed by atoms with Crippen LogP contribution in [0.4, 0.5) is 5.69 Å². The zero-order valence-corrected chi connectivity index (χ0v) is 11.8. The van der Waals surface area contributed by atoms with E-state index in [1.165, 1.54) is 5.69 Å². The lowest BCUT2D eigenvalue weighted by molar-refractivity contribution is 0.199. The van der Waals surface area contributed by atoms with Crippen LogP contribution in [0.3, 0.4) is 0 Å². The fourth-order valence-electron chi connectivity index (χ4n) is 2.95. The van der Waals surface area contributed by atoms with Crippen molar-refractivity contribution in [2.24, 2.45) is 5.92 Å². The number of benzene rings is 1. The fraction of sp³-hybridized carbons (Fsp3) is 0.600. The molecule has 1 aromatic carbocycles. The molecule has 3 nitrogen and oxygen atoms in total. The highest BCUT2D eigenvalue weighted by atomic mass is 16.3. The number of para-hydroxylation sites is 1. The third-order valence-electron chi connectivity index (χ3n) is 3.96. The molecule has 0 radical (unpaired) electrons. The zero-order valence-electron chi connectivity index (χ0n) is 11.8. The average molecular weight is 248 g/mol. The van der Waals surface area contributed by atoms with Crippen molar-refractivity contribution in [3.05, 3.63) is 29.8 Å². The quantitative estimate of drug-likeness (QED) is 0.887. The van der Waals surface area contributed by atoms with Crippen LogP contribution in [0, 0.1) is 5.92 Å². The van der Waals surface area contributed by atoms with Crippen LogP contribution >= 0.6 is 0 Å². The molecule has 18 heavy (non-hydrogen) atoms. The molecule has 0 spiro atoms. The molecule has 0 amide bonds. The number of anilines is 1. The van der Waals surface area contributed by atoms with Gasteiger partial charge in [0.15, 0.2) is 0 Å². The van der Waals surface area contributed by atoms with Crippen LogP contribution in [0.15, 0.2) is 24.3 Å². The van der Waals surface area contributed by atoms with Crippen LogP contribution in [0.5, 0.6) is 0 Å². The van der Waals surface area contributed by atoms with Crippen LogP contribution < -0.4 is 4.90 Å². The molecular weight excluding hydrogens is 224 g/mol. The summed E-state index contributed by atoms with van der Waals surface area (Å²) >= 11 is 0. The summed E-state index contributed by atoms with van der Waals surface area (Å²) in [6.07, 6.45) is -0.407. The number of aliphatic hydroxyl groups excluding tert-OH is 1. The van der Waals surface area contributed by atoms with E-state index in [9.17, 15) is 5.11 Å².